The van der Waals surface area contributed by atoms with Crippen molar-refractivity contribution in [3.8, 4) is 0 Å². The molecule has 0 amide bonds. The van der Waals surface area contributed by atoms with Crippen LogP contribution in [0.15, 0.2) is 6.07 Å². The smallest absolute Gasteiger partial charge is 0.133 e. The van der Waals surface area contributed by atoms with Crippen LogP contribution in [0.5, 0.6) is 0 Å². The van der Waals surface area contributed by atoms with Crippen LogP contribution >= 0.6 is 0 Å². The van der Waals surface area contributed by atoms with Crippen molar-refractivity contribution < 1.29 is 0 Å². The molecule has 0 fully saturated rings. The zero-order valence-electron chi connectivity index (χ0n) is 12.5. The first-order valence-electron chi connectivity index (χ1n) is 7.08. The Kier molecular flexibility index (Phi) is 6.10. The van der Waals surface area contributed by atoms with Gasteiger partial charge in [-0.1, -0.05) is 40.5 Å². The maximum atomic E-state index is 4.54. The topological polar surface area (TPSA) is 37.8 Å². The first-order valence-corrected chi connectivity index (χ1v) is 7.08. The second kappa shape index (κ2) is 7.34. The Balaban J connectivity index is 2.42. The van der Waals surface area contributed by atoms with Gasteiger partial charge in [0.15, 0.2) is 0 Å². The standard InChI is InChI=1S/C15H27N3/c1-11(2)8-6-7-9-16-14-10-13(5)17-15(18-14)12(3)4/h10-12H,6-9H2,1-5H3,(H,16,17,18). The van der Waals surface area contributed by atoms with Gasteiger partial charge in [-0.3, -0.25) is 0 Å². The third-order valence-corrected chi connectivity index (χ3v) is 2.90. The number of hydrogen-bond acceptors (Lipinski definition) is 3. The van der Waals surface area contributed by atoms with Crippen molar-refractivity contribution in [2.75, 3.05) is 11.9 Å². The minimum atomic E-state index is 0.381. The number of aryl methyl sites for hydroxylation is 1. The highest BCUT2D eigenvalue weighted by Crippen LogP contribution is 2.14. The zero-order valence-corrected chi connectivity index (χ0v) is 12.5. The fourth-order valence-electron chi connectivity index (χ4n) is 1.83. The van der Waals surface area contributed by atoms with Crippen molar-refractivity contribution in [1.82, 2.24) is 9.97 Å². The summed E-state index contributed by atoms with van der Waals surface area (Å²) >= 11 is 0. The second-order valence-electron chi connectivity index (χ2n) is 5.72. The molecule has 0 aliphatic carbocycles. The second-order valence-corrected chi connectivity index (χ2v) is 5.72. The highest BCUT2D eigenvalue weighted by Gasteiger charge is 2.05. The van der Waals surface area contributed by atoms with Crippen molar-refractivity contribution in [2.24, 2.45) is 5.92 Å². The lowest BCUT2D eigenvalue weighted by molar-refractivity contribution is 0.544. The van der Waals surface area contributed by atoms with Crippen LogP contribution < -0.4 is 5.32 Å². The van der Waals surface area contributed by atoms with E-state index in [0.29, 0.717) is 5.92 Å². The van der Waals surface area contributed by atoms with Gasteiger partial charge in [0.2, 0.25) is 0 Å². The number of rotatable bonds is 7. The van der Waals surface area contributed by atoms with Crippen LogP contribution in [0.3, 0.4) is 0 Å². The molecule has 0 aliphatic heterocycles. The minimum absolute atomic E-state index is 0.381. The Morgan fingerprint density at radius 1 is 1.11 bits per heavy atom. The molecule has 1 aromatic rings. The van der Waals surface area contributed by atoms with Crippen LogP contribution in [0, 0.1) is 12.8 Å². The van der Waals surface area contributed by atoms with Gasteiger partial charge >= 0.3 is 0 Å². The summed E-state index contributed by atoms with van der Waals surface area (Å²) in [6.07, 6.45) is 3.80. The molecule has 1 N–H and O–H groups in total. The number of anilines is 1. The molecule has 0 radical (unpaired) electrons. The molecule has 0 saturated carbocycles. The summed E-state index contributed by atoms with van der Waals surface area (Å²) < 4.78 is 0. The molecule has 0 unspecified atom stereocenters. The fourth-order valence-corrected chi connectivity index (χ4v) is 1.83. The third kappa shape index (κ3) is 5.48. The molecule has 0 spiro atoms. The fraction of sp³-hybridized carbons (Fsp3) is 0.733. The van der Waals surface area contributed by atoms with Crippen molar-refractivity contribution in [2.45, 2.75) is 59.8 Å². The quantitative estimate of drug-likeness (QED) is 0.738. The summed E-state index contributed by atoms with van der Waals surface area (Å²) in [6, 6.07) is 2.02. The first-order chi connectivity index (χ1) is 8.49. The molecule has 3 heteroatoms. The molecule has 0 atom stereocenters. The molecular formula is C15H27N3. The van der Waals surface area contributed by atoms with E-state index in [1.165, 1.54) is 19.3 Å². The lowest BCUT2D eigenvalue weighted by Gasteiger charge is -2.10. The Morgan fingerprint density at radius 2 is 1.83 bits per heavy atom. The van der Waals surface area contributed by atoms with E-state index in [9.17, 15) is 0 Å². The van der Waals surface area contributed by atoms with E-state index in [-0.39, 0.29) is 0 Å². The summed E-state index contributed by atoms with van der Waals surface area (Å²) in [4.78, 5) is 8.99. The number of unbranched alkanes of at least 4 members (excludes halogenated alkanes) is 1. The predicted octanol–water partition coefficient (Wildman–Crippen LogP) is 4.15. The monoisotopic (exact) mass is 249 g/mol. The van der Waals surface area contributed by atoms with Gasteiger partial charge in [-0.2, -0.15) is 0 Å². The van der Waals surface area contributed by atoms with E-state index < -0.39 is 0 Å². The lowest BCUT2D eigenvalue weighted by atomic mass is 10.1. The molecule has 0 aromatic carbocycles. The van der Waals surface area contributed by atoms with E-state index in [1.807, 2.05) is 13.0 Å². The van der Waals surface area contributed by atoms with E-state index in [1.54, 1.807) is 0 Å². The Hall–Kier alpha value is -1.12. The van der Waals surface area contributed by atoms with Gasteiger partial charge in [0.25, 0.3) is 0 Å². The van der Waals surface area contributed by atoms with Crippen molar-refractivity contribution in [1.29, 1.82) is 0 Å². The number of nitrogens with zero attached hydrogens (tertiary/aromatic N) is 2. The van der Waals surface area contributed by atoms with Crippen LogP contribution in [0.25, 0.3) is 0 Å². The van der Waals surface area contributed by atoms with E-state index in [2.05, 4.69) is 43.0 Å². The lowest BCUT2D eigenvalue weighted by Crippen LogP contribution is -2.08. The highest BCUT2D eigenvalue weighted by atomic mass is 15.0. The van der Waals surface area contributed by atoms with Crippen LogP contribution in [-0.4, -0.2) is 16.5 Å². The van der Waals surface area contributed by atoms with Gasteiger partial charge in [-0.25, -0.2) is 9.97 Å². The van der Waals surface area contributed by atoms with Gasteiger partial charge in [0.05, 0.1) is 0 Å². The van der Waals surface area contributed by atoms with Crippen LogP contribution in [0.4, 0.5) is 5.82 Å². The summed E-state index contributed by atoms with van der Waals surface area (Å²) in [5, 5.41) is 3.40. The predicted molar refractivity (Wildman–Crippen MR) is 78.0 cm³/mol. The maximum absolute atomic E-state index is 4.54. The summed E-state index contributed by atoms with van der Waals surface area (Å²) in [7, 11) is 0. The summed E-state index contributed by atoms with van der Waals surface area (Å²) in [6.45, 7) is 11.8. The molecule has 18 heavy (non-hydrogen) atoms. The third-order valence-electron chi connectivity index (χ3n) is 2.90. The zero-order chi connectivity index (χ0) is 13.5. The first kappa shape index (κ1) is 14.9. The van der Waals surface area contributed by atoms with Crippen molar-refractivity contribution in [3.05, 3.63) is 17.6 Å². The van der Waals surface area contributed by atoms with Crippen LogP contribution in [-0.2, 0) is 0 Å². The Morgan fingerprint density at radius 3 is 2.44 bits per heavy atom. The molecular weight excluding hydrogens is 222 g/mol. The average Bonchev–Trinajstić information content (AvgIpc) is 2.27. The molecule has 1 heterocycles. The number of aromatic nitrogens is 2. The Bertz CT molecular complexity index is 359. The number of nitrogens with one attached hydrogen (secondary N) is 1. The van der Waals surface area contributed by atoms with Gasteiger partial charge in [0, 0.05) is 24.2 Å². The van der Waals surface area contributed by atoms with Gasteiger partial charge in [-0.15, -0.1) is 0 Å². The average molecular weight is 249 g/mol. The molecule has 0 bridgehead atoms. The van der Waals surface area contributed by atoms with Crippen LogP contribution in [0.1, 0.15) is 64.4 Å². The van der Waals surface area contributed by atoms with Crippen molar-refractivity contribution in [3.63, 3.8) is 0 Å². The normalized spacial score (nSPS) is 11.3. The molecule has 1 aromatic heterocycles. The van der Waals surface area contributed by atoms with Crippen LogP contribution in [0.2, 0.25) is 0 Å². The van der Waals surface area contributed by atoms with E-state index >= 15 is 0 Å². The summed E-state index contributed by atoms with van der Waals surface area (Å²) in [5.41, 5.74) is 1.04. The summed E-state index contributed by atoms with van der Waals surface area (Å²) in [5.74, 6) is 3.08. The maximum Gasteiger partial charge on any atom is 0.133 e. The van der Waals surface area contributed by atoms with E-state index in [0.717, 1.165) is 29.8 Å². The molecule has 3 nitrogen and oxygen atoms in total. The largest absolute Gasteiger partial charge is 0.370 e. The molecule has 102 valence electrons. The SMILES string of the molecule is Cc1cc(NCCCCC(C)C)nc(C(C)C)n1. The number of hydrogen-bond donors (Lipinski definition) is 1. The molecule has 1 rings (SSSR count). The van der Waals surface area contributed by atoms with Gasteiger partial charge < -0.3 is 5.32 Å². The molecule has 0 saturated heterocycles. The van der Waals surface area contributed by atoms with Gasteiger partial charge in [0.1, 0.15) is 11.6 Å². The van der Waals surface area contributed by atoms with Crippen molar-refractivity contribution >= 4 is 5.82 Å². The Labute approximate surface area is 111 Å². The molecule has 0 aliphatic rings. The minimum Gasteiger partial charge on any atom is -0.370 e. The van der Waals surface area contributed by atoms with E-state index in [4.69, 9.17) is 0 Å². The van der Waals surface area contributed by atoms with Gasteiger partial charge in [-0.05, 0) is 19.3 Å². The highest BCUT2D eigenvalue weighted by molar-refractivity contribution is 5.36.